The van der Waals surface area contributed by atoms with Gasteiger partial charge in [0, 0.05) is 0 Å². The van der Waals surface area contributed by atoms with Crippen LogP contribution in [0.2, 0.25) is 0 Å². The molecule has 0 saturated heterocycles. The van der Waals surface area contributed by atoms with Crippen LogP contribution in [0.15, 0.2) is 0 Å². The second-order valence-electron chi connectivity index (χ2n) is 1.41. The molecule has 0 saturated carbocycles. The Morgan fingerprint density at radius 3 is 0.667 bits per heavy atom. The van der Waals surface area contributed by atoms with E-state index in [9.17, 15) is 0 Å². The molecule has 1 atom stereocenters. The van der Waals surface area contributed by atoms with Gasteiger partial charge in [0.15, 0.2) is 0 Å². The van der Waals surface area contributed by atoms with Crippen molar-refractivity contribution < 1.29 is 57.7 Å². The van der Waals surface area contributed by atoms with E-state index in [2.05, 4.69) is 0 Å². The first-order chi connectivity index (χ1) is 6.00. The second-order valence-corrected chi connectivity index (χ2v) is 4.22. The van der Waals surface area contributed by atoms with Crippen LogP contribution in [0.5, 0.6) is 0 Å². The summed E-state index contributed by atoms with van der Waals surface area (Å²) in [6, 6.07) is 0. The molecular formula is H6CaO12P4Sn. The van der Waals surface area contributed by atoms with Gasteiger partial charge in [-0.2, -0.15) is 25.5 Å². The predicted octanol–water partition coefficient (Wildman–Crippen LogP) is -7.28. The van der Waals surface area contributed by atoms with Crippen molar-refractivity contribution in [2.24, 2.45) is 0 Å². The van der Waals surface area contributed by atoms with Crippen molar-refractivity contribution in [3.8, 4) is 0 Å². The largest absolute Gasteiger partial charge is 4.00 e. The standard InChI is InChI=1S/Ca.3H3O4P.H3P.Sn/c;3*1-5(2,3)4;;/h;3*(H3,1,2,3,4);1H3;/q+2;;;;;+4/p-6. The summed E-state index contributed by atoms with van der Waals surface area (Å²) in [6.07, 6.45) is 0. The van der Waals surface area contributed by atoms with Gasteiger partial charge in [0.1, 0.15) is 0 Å². The monoisotopic (exact) mass is 482 g/mol. The van der Waals surface area contributed by atoms with Crippen LogP contribution >= 0.6 is 33.4 Å². The molecule has 3 N–H and O–H groups in total. The Morgan fingerprint density at radius 1 is 0.667 bits per heavy atom. The maximum absolute atomic E-state index is 8.88. The molecule has 0 rings (SSSR count). The molecule has 0 spiro atoms. The first-order valence-electron chi connectivity index (χ1n) is 2.24. The minimum atomic E-state index is -5.39. The molecule has 0 heterocycles. The Hall–Kier alpha value is 2.82. The van der Waals surface area contributed by atoms with E-state index in [1.165, 1.54) is 0 Å². The zero-order valence-electron chi connectivity index (χ0n) is 8.27. The Balaban J connectivity index is -0.0000000277. The quantitative estimate of drug-likeness (QED) is 0.216. The molecule has 0 radical (unpaired) electrons. The van der Waals surface area contributed by atoms with Crippen molar-refractivity contribution in [3.05, 3.63) is 0 Å². The van der Waals surface area contributed by atoms with E-state index in [-0.39, 0.29) is 71.5 Å². The maximum Gasteiger partial charge on any atom is 4.00 e. The molecule has 0 fully saturated rings. The summed E-state index contributed by atoms with van der Waals surface area (Å²) in [4.78, 5) is 72.9. The first-order valence-corrected chi connectivity index (χ1v) is 6.73. The van der Waals surface area contributed by atoms with Gasteiger partial charge in [-0.3, -0.25) is 0 Å². The second kappa shape index (κ2) is 16.2. The fourth-order valence-corrected chi connectivity index (χ4v) is 0. The van der Waals surface area contributed by atoms with Crippen LogP contribution in [-0.4, -0.2) is 76.3 Å². The summed E-state index contributed by atoms with van der Waals surface area (Å²) in [5.74, 6) is 0. The van der Waals surface area contributed by atoms with E-state index in [1.807, 2.05) is 0 Å². The minimum absolute atomic E-state index is 0. The molecule has 18 heteroatoms. The van der Waals surface area contributed by atoms with Gasteiger partial charge in [-0.1, -0.05) is 0 Å². The summed E-state index contributed by atoms with van der Waals surface area (Å²) < 4.78 is 26.0. The van der Waals surface area contributed by atoms with Gasteiger partial charge in [-0.05, 0) is 0 Å². The van der Waals surface area contributed by atoms with Gasteiger partial charge in [-0.15, -0.1) is 0 Å². The molecule has 0 amide bonds. The molecule has 0 aromatic carbocycles. The Kier molecular flexibility index (Phi) is 33.5. The third-order valence-electron chi connectivity index (χ3n) is 0. The van der Waals surface area contributed by atoms with Crippen LogP contribution in [0.1, 0.15) is 0 Å². The molecule has 0 bridgehead atoms. The number of phosphoric acid groups is 3. The van der Waals surface area contributed by atoms with Crippen LogP contribution in [-0.2, 0) is 13.7 Å². The van der Waals surface area contributed by atoms with Crippen LogP contribution in [0.3, 0.4) is 0 Å². The molecular weight excluding hydrogens is 475 g/mol. The summed E-state index contributed by atoms with van der Waals surface area (Å²) in [5.41, 5.74) is 0. The van der Waals surface area contributed by atoms with Crippen LogP contribution < -0.4 is 29.4 Å². The van der Waals surface area contributed by atoms with Crippen molar-refractivity contribution in [1.29, 1.82) is 0 Å². The van der Waals surface area contributed by atoms with E-state index in [0.717, 1.165) is 0 Å². The number of hydrogen-bond acceptors (Lipinski definition) is 9. The fourth-order valence-electron chi connectivity index (χ4n) is 0. The van der Waals surface area contributed by atoms with Crippen molar-refractivity contribution in [2.75, 3.05) is 0 Å². The number of hydrogen-bond donors (Lipinski definition) is 3. The van der Waals surface area contributed by atoms with Crippen molar-refractivity contribution in [1.82, 2.24) is 0 Å². The van der Waals surface area contributed by atoms with E-state index < -0.39 is 23.5 Å². The van der Waals surface area contributed by atoms with Crippen molar-refractivity contribution >= 4 is 95.0 Å². The molecule has 12 nitrogen and oxygen atoms in total. The third-order valence-corrected chi connectivity index (χ3v) is 0. The zero-order valence-corrected chi connectivity index (χ0v) is 17.4. The van der Waals surface area contributed by atoms with E-state index >= 15 is 0 Å². The first kappa shape index (κ1) is 37.2. The average Bonchev–Trinajstić information content (AvgIpc) is 1.41. The number of rotatable bonds is 0. The van der Waals surface area contributed by atoms with Crippen molar-refractivity contribution in [3.63, 3.8) is 0 Å². The van der Waals surface area contributed by atoms with Gasteiger partial charge in [0.25, 0.3) is 0 Å². The topological polar surface area (TPSA) is 250 Å². The summed E-state index contributed by atoms with van der Waals surface area (Å²) in [5, 5.41) is 0. The summed E-state index contributed by atoms with van der Waals surface area (Å²) >= 11 is 0. The maximum atomic E-state index is 8.88. The van der Waals surface area contributed by atoms with Crippen LogP contribution in [0, 0.1) is 0 Å². The van der Waals surface area contributed by atoms with Gasteiger partial charge < -0.3 is 53.2 Å². The van der Waals surface area contributed by atoms with E-state index in [1.54, 1.807) is 0 Å². The summed E-state index contributed by atoms with van der Waals surface area (Å²) in [7, 11) is -15.4. The molecule has 18 heavy (non-hydrogen) atoms. The predicted molar refractivity (Wildman–Crippen MR) is 52.1 cm³/mol. The Morgan fingerprint density at radius 2 is 0.667 bits per heavy atom. The SMILES string of the molecule is O=P(O)(O)O.O=P([O-])([O-])[O-].O=P([O-])([O-])[O-].P.[Ca+2].[Sn+4]. The molecule has 1 unspecified atom stereocenters. The molecule has 0 aliphatic heterocycles. The van der Waals surface area contributed by atoms with Crippen molar-refractivity contribution in [2.45, 2.75) is 0 Å². The van der Waals surface area contributed by atoms with Gasteiger partial charge in [0.05, 0.1) is 0 Å². The summed E-state index contributed by atoms with van der Waals surface area (Å²) in [6.45, 7) is 0. The van der Waals surface area contributed by atoms with Gasteiger partial charge in [-0.25, -0.2) is 4.57 Å². The molecule has 0 aromatic heterocycles. The normalized spacial score (nSPS) is 9.83. The third kappa shape index (κ3) is 752. The zero-order chi connectivity index (χ0) is 13.5. The fraction of sp³-hybridized carbons (Fsp3) is 0. The van der Waals surface area contributed by atoms with Crippen LogP contribution in [0.25, 0.3) is 0 Å². The Labute approximate surface area is 151 Å². The minimum Gasteiger partial charge on any atom is -0.822 e. The molecule has 0 aliphatic carbocycles. The average molecular weight is 481 g/mol. The smallest absolute Gasteiger partial charge is 0.822 e. The van der Waals surface area contributed by atoms with Gasteiger partial charge in [0.2, 0.25) is 0 Å². The van der Waals surface area contributed by atoms with E-state index in [0.29, 0.717) is 0 Å². The van der Waals surface area contributed by atoms with Crippen LogP contribution in [0.4, 0.5) is 0 Å². The van der Waals surface area contributed by atoms with E-state index in [4.69, 9.17) is 57.7 Å². The molecule has 0 aromatic rings. The Bertz CT molecular complexity index is 210. The molecule has 104 valence electrons. The molecule has 0 aliphatic rings. The van der Waals surface area contributed by atoms with Gasteiger partial charge >= 0.3 is 69.5 Å².